The van der Waals surface area contributed by atoms with Gasteiger partial charge in [0, 0.05) is 12.8 Å². The van der Waals surface area contributed by atoms with Crippen molar-refractivity contribution in [2.45, 2.75) is 59.7 Å². The molecule has 0 N–H and O–H groups in total. The number of halogens is 1. The van der Waals surface area contributed by atoms with E-state index in [-0.39, 0.29) is 5.97 Å². The Hall–Kier alpha value is -0.810. The first-order chi connectivity index (χ1) is 8.51. The van der Waals surface area contributed by atoms with Gasteiger partial charge in [-0.05, 0) is 13.3 Å². The van der Waals surface area contributed by atoms with Crippen LogP contribution in [0.2, 0.25) is 0 Å². The van der Waals surface area contributed by atoms with Gasteiger partial charge in [-0.25, -0.2) is 0 Å². The highest BCUT2D eigenvalue weighted by Crippen LogP contribution is 1.98. The Kier molecular flexibility index (Phi) is 15.5. The molecule has 0 saturated carbocycles. The van der Waals surface area contributed by atoms with E-state index in [0.29, 0.717) is 19.4 Å². The standard InChI is InChI=1S/C9H18O3.C3H5ClO2/c1-4-6-7-11-8(3)12-9(10)5-2;1-2-3(5)6-4/h8H,4-7H2,1-3H3;2H2,1H3. The zero-order valence-corrected chi connectivity index (χ0v) is 12.3. The van der Waals surface area contributed by atoms with Gasteiger partial charge in [0.25, 0.3) is 0 Å². The average Bonchev–Trinajstić information content (AvgIpc) is 2.38. The monoisotopic (exact) mass is 282 g/mol. The maximum Gasteiger partial charge on any atom is 0.324 e. The molecule has 18 heavy (non-hydrogen) atoms. The molecule has 0 aliphatic rings. The summed E-state index contributed by atoms with van der Waals surface area (Å²) in [4.78, 5) is 20.6. The van der Waals surface area contributed by atoms with E-state index in [0.717, 1.165) is 12.8 Å². The van der Waals surface area contributed by atoms with Gasteiger partial charge >= 0.3 is 11.9 Å². The van der Waals surface area contributed by atoms with Gasteiger partial charge in [0.05, 0.1) is 6.61 Å². The fraction of sp³-hybridized carbons (Fsp3) is 0.833. The maximum atomic E-state index is 10.8. The lowest BCUT2D eigenvalue weighted by molar-refractivity contribution is -0.174. The summed E-state index contributed by atoms with van der Waals surface area (Å²) in [5.41, 5.74) is 0. The molecule has 0 spiro atoms. The number of unbranched alkanes of at least 4 members (excludes halogenated alkanes) is 1. The lowest BCUT2D eigenvalue weighted by Gasteiger charge is -2.12. The summed E-state index contributed by atoms with van der Waals surface area (Å²) in [5.74, 6) is -0.601. The first-order valence-electron chi connectivity index (χ1n) is 6.14. The van der Waals surface area contributed by atoms with E-state index in [9.17, 15) is 9.59 Å². The highest BCUT2D eigenvalue weighted by Gasteiger charge is 2.06. The molecule has 0 aromatic carbocycles. The van der Waals surface area contributed by atoms with Gasteiger partial charge in [-0.15, -0.1) is 0 Å². The molecule has 6 heteroatoms. The molecule has 1 atom stereocenters. The summed E-state index contributed by atoms with van der Waals surface area (Å²) >= 11 is 4.60. The van der Waals surface area contributed by atoms with Gasteiger partial charge in [-0.1, -0.05) is 27.2 Å². The number of hydrogen-bond acceptors (Lipinski definition) is 5. The van der Waals surface area contributed by atoms with Crippen LogP contribution in [0.15, 0.2) is 0 Å². The number of esters is 1. The normalized spacial score (nSPS) is 10.9. The van der Waals surface area contributed by atoms with Crippen LogP contribution in [0.5, 0.6) is 0 Å². The largest absolute Gasteiger partial charge is 0.436 e. The van der Waals surface area contributed by atoms with Crippen LogP contribution in [-0.4, -0.2) is 24.8 Å². The Labute approximate surface area is 114 Å². The number of ether oxygens (including phenoxy) is 2. The third-order valence-electron chi connectivity index (χ3n) is 1.81. The molecule has 0 rings (SSSR count). The van der Waals surface area contributed by atoms with E-state index in [2.05, 4.69) is 23.1 Å². The molecule has 0 fully saturated rings. The minimum atomic E-state index is -0.399. The number of hydrogen-bond donors (Lipinski definition) is 0. The van der Waals surface area contributed by atoms with Crippen LogP contribution in [0.25, 0.3) is 0 Å². The highest BCUT2D eigenvalue weighted by molar-refractivity contribution is 6.13. The van der Waals surface area contributed by atoms with E-state index in [1.807, 2.05) is 0 Å². The molecule has 0 radical (unpaired) electrons. The van der Waals surface area contributed by atoms with Crippen LogP contribution >= 0.6 is 11.9 Å². The van der Waals surface area contributed by atoms with Gasteiger partial charge in [0.15, 0.2) is 6.29 Å². The molecular weight excluding hydrogens is 260 g/mol. The summed E-state index contributed by atoms with van der Waals surface area (Å²) in [5, 5.41) is 0. The molecular formula is C12H23ClO5. The van der Waals surface area contributed by atoms with Crippen LogP contribution < -0.4 is 0 Å². The number of rotatable bonds is 7. The quantitative estimate of drug-likeness (QED) is 0.408. The number of carbonyl (C=O) groups excluding carboxylic acids is 2. The minimum Gasteiger partial charge on any atom is -0.436 e. The maximum absolute atomic E-state index is 10.8. The second kappa shape index (κ2) is 14.3. The van der Waals surface area contributed by atoms with Crippen molar-refractivity contribution >= 4 is 23.8 Å². The Balaban J connectivity index is 0. The van der Waals surface area contributed by atoms with Crippen molar-refractivity contribution in [1.82, 2.24) is 0 Å². The topological polar surface area (TPSA) is 61.8 Å². The second-order valence-electron chi connectivity index (χ2n) is 3.44. The van der Waals surface area contributed by atoms with Crippen LogP contribution in [0.1, 0.15) is 53.4 Å². The Morgan fingerprint density at radius 3 is 2.00 bits per heavy atom. The molecule has 0 amide bonds. The number of carbonyl (C=O) groups is 2. The van der Waals surface area contributed by atoms with Gasteiger partial charge in [-0.2, -0.15) is 0 Å². The SMILES string of the molecule is CCC(=O)OCl.CCCCOC(C)OC(=O)CC. The van der Waals surface area contributed by atoms with Crippen molar-refractivity contribution in [2.24, 2.45) is 0 Å². The molecule has 108 valence electrons. The van der Waals surface area contributed by atoms with E-state index in [4.69, 9.17) is 9.47 Å². The van der Waals surface area contributed by atoms with E-state index in [1.54, 1.807) is 20.8 Å². The van der Waals surface area contributed by atoms with Crippen LogP contribution in [0, 0.1) is 0 Å². The second-order valence-corrected chi connectivity index (χ2v) is 3.59. The Morgan fingerprint density at radius 1 is 1.11 bits per heavy atom. The van der Waals surface area contributed by atoms with Gasteiger partial charge in [0.1, 0.15) is 11.9 Å². The molecule has 0 aliphatic heterocycles. The van der Waals surface area contributed by atoms with E-state index < -0.39 is 12.3 Å². The van der Waals surface area contributed by atoms with Crippen molar-refractivity contribution in [3.05, 3.63) is 0 Å². The molecule has 0 saturated heterocycles. The van der Waals surface area contributed by atoms with Gasteiger partial charge in [-0.3, -0.25) is 9.59 Å². The summed E-state index contributed by atoms with van der Waals surface area (Å²) < 4.78 is 13.8. The fourth-order valence-electron chi connectivity index (χ4n) is 0.751. The van der Waals surface area contributed by atoms with Crippen molar-refractivity contribution in [3.63, 3.8) is 0 Å². The molecule has 0 heterocycles. The Morgan fingerprint density at radius 2 is 1.67 bits per heavy atom. The van der Waals surface area contributed by atoms with Crippen molar-refractivity contribution in [1.29, 1.82) is 0 Å². The van der Waals surface area contributed by atoms with Crippen LogP contribution in [0.4, 0.5) is 0 Å². The average molecular weight is 283 g/mol. The van der Waals surface area contributed by atoms with Gasteiger partial charge < -0.3 is 13.8 Å². The first-order valence-corrected chi connectivity index (χ1v) is 6.45. The molecule has 5 nitrogen and oxygen atoms in total. The lowest BCUT2D eigenvalue weighted by Crippen LogP contribution is -2.17. The summed E-state index contributed by atoms with van der Waals surface area (Å²) in [7, 11) is 0. The lowest BCUT2D eigenvalue weighted by atomic mass is 10.4. The van der Waals surface area contributed by atoms with E-state index in [1.165, 1.54) is 0 Å². The third kappa shape index (κ3) is 15.2. The Bertz CT molecular complexity index is 215. The van der Waals surface area contributed by atoms with Crippen LogP contribution in [0.3, 0.4) is 0 Å². The van der Waals surface area contributed by atoms with Gasteiger partial charge in [0.2, 0.25) is 0 Å². The fourth-order valence-corrected chi connectivity index (χ4v) is 0.860. The summed E-state index contributed by atoms with van der Waals surface area (Å²) in [6.07, 6.45) is 2.44. The third-order valence-corrected chi connectivity index (χ3v) is 1.98. The first kappa shape index (κ1) is 19.5. The predicted molar refractivity (Wildman–Crippen MR) is 68.9 cm³/mol. The molecule has 0 aromatic heterocycles. The molecule has 0 aliphatic carbocycles. The van der Waals surface area contributed by atoms with E-state index >= 15 is 0 Å². The van der Waals surface area contributed by atoms with Crippen LogP contribution in [-0.2, 0) is 23.4 Å². The summed E-state index contributed by atoms with van der Waals surface area (Å²) in [6, 6.07) is 0. The van der Waals surface area contributed by atoms with Crippen molar-refractivity contribution < 1.29 is 23.4 Å². The predicted octanol–water partition coefficient (Wildman–Crippen LogP) is 3.20. The molecule has 0 aromatic rings. The molecule has 1 unspecified atom stereocenters. The minimum absolute atomic E-state index is 0.209. The highest BCUT2D eigenvalue weighted by atomic mass is 35.5. The zero-order chi connectivity index (χ0) is 14.4. The summed E-state index contributed by atoms with van der Waals surface area (Å²) in [6.45, 7) is 7.93. The van der Waals surface area contributed by atoms with Crippen molar-refractivity contribution in [2.75, 3.05) is 6.61 Å². The van der Waals surface area contributed by atoms with Crippen molar-refractivity contribution in [3.8, 4) is 0 Å². The zero-order valence-electron chi connectivity index (χ0n) is 11.5. The smallest absolute Gasteiger partial charge is 0.324 e. The molecule has 0 bridgehead atoms.